The van der Waals surface area contributed by atoms with Gasteiger partial charge in [0.05, 0.1) is 17.9 Å². The Labute approximate surface area is 107 Å². The lowest BCUT2D eigenvalue weighted by molar-refractivity contribution is 0.491. The maximum atomic E-state index is 4.18. The molecule has 1 aliphatic heterocycles. The van der Waals surface area contributed by atoms with Gasteiger partial charge in [0.25, 0.3) is 0 Å². The van der Waals surface area contributed by atoms with Crippen molar-refractivity contribution in [3.8, 4) is 0 Å². The van der Waals surface area contributed by atoms with Crippen molar-refractivity contribution >= 4 is 0 Å². The van der Waals surface area contributed by atoms with Gasteiger partial charge in [-0.05, 0) is 24.0 Å². The highest BCUT2D eigenvalue weighted by Gasteiger charge is 2.23. The van der Waals surface area contributed by atoms with Gasteiger partial charge in [0, 0.05) is 13.1 Å². The van der Waals surface area contributed by atoms with Crippen LogP contribution in [0.15, 0.2) is 30.5 Å². The molecule has 1 unspecified atom stereocenters. The molecular weight excluding hydrogens is 224 g/mol. The van der Waals surface area contributed by atoms with E-state index in [0.29, 0.717) is 0 Å². The average molecular weight is 242 g/mol. The molecule has 0 amide bonds. The Morgan fingerprint density at radius 2 is 2.28 bits per heavy atom. The molecule has 1 atom stereocenters. The maximum absolute atomic E-state index is 4.18. The molecule has 0 saturated carbocycles. The van der Waals surface area contributed by atoms with Gasteiger partial charge in [-0.1, -0.05) is 36.4 Å². The van der Waals surface area contributed by atoms with Crippen LogP contribution in [0.25, 0.3) is 0 Å². The van der Waals surface area contributed by atoms with E-state index in [1.807, 2.05) is 10.9 Å². The number of fused-ring (bicyclic) bond motifs is 1. The average Bonchev–Trinajstić information content (AvgIpc) is 2.87. The monoisotopic (exact) mass is 242 g/mol. The summed E-state index contributed by atoms with van der Waals surface area (Å²) in [5.74, 6) is 0. The van der Waals surface area contributed by atoms with E-state index in [4.69, 9.17) is 0 Å². The number of benzene rings is 1. The van der Waals surface area contributed by atoms with Gasteiger partial charge in [-0.15, -0.1) is 5.10 Å². The molecule has 0 saturated heterocycles. The fourth-order valence-electron chi connectivity index (χ4n) is 2.64. The van der Waals surface area contributed by atoms with Crippen LogP contribution in [0.5, 0.6) is 0 Å². The van der Waals surface area contributed by atoms with E-state index in [1.165, 1.54) is 16.8 Å². The molecule has 1 N–H and O–H groups in total. The SMILES string of the molecule is CCCn1nncc1C1NCCc2ccccc21. The van der Waals surface area contributed by atoms with Crippen molar-refractivity contribution in [1.29, 1.82) is 0 Å². The molecule has 0 aliphatic carbocycles. The van der Waals surface area contributed by atoms with E-state index < -0.39 is 0 Å². The van der Waals surface area contributed by atoms with Crippen LogP contribution in [0.3, 0.4) is 0 Å². The van der Waals surface area contributed by atoms with Crippen molar-refractivity contribution in [2.75, 3.05) is 6.54 Å². The van der Waals surface area contributed by atoms with Gasteiger partial charge in [0.1, 0.15) is 0 Å². The Hall–Kier alpha value is -1.68. The van der Waals surface area contributed by atoms with Crippen LogP contribution in [0.1, 0.15) is 36.2 Å². The lowest BCUT2D eigenvalue weighted by Crippen LogP contribution is -2.32. The van der Waals surface area contributed by atoms with E-state index >= 15 is 0 Å². The molecule has 0 radical (unpaired) electrons. The van der Waals surface area contributed by atoms with Crippen molar-refractivity contribution in [1.82, 2.24) is 20.3 Å². The molecule has 18 heavy (non-hydrogen) atoms. The van der Waals surface area contributed by atoms with Crippen LogP contribution in [-0.2, 0) is 13.0 Å². The number of rotatable bonds is 3. The third-order valence-corrected chi connectivity index (χ3v) is 3.49. The summed E-state index contributed by atoms with van der Waals surface area (Å²) in [6, 6.07) is 8.87. The number of nitrogens with one attached hydrogen (secondary N) is 1. The fourth-order valence-corrected chi connectivity index (χ4v) is 2.64. The van der Waals surface area contributed by atoms with E-state index in [9.17, 15) is 0 Å². The van der Waals surface area contributed by atoms with E-state index in [2.05, 4.69) is 46.8 Å². The summed E-state index contributed by atoms with van der Waals surface area (Å²) in [5, 5.41) is 11.8. The molecule has 2 heterocycles. The second-order valence-corrected chi connectivity index (χ2v) is 4.72. The van der Waals surface area contributed by atoms with Gasteiger partial charge in [0.2, 0.25) is 0 Å². The van der Waals surface area contributed by atoms with Crippen LogP contribution in [-0.4, -0.2) is 21.5 Å². The summed E-state index contributed by atoms with van der Waals surface area (Å²) in [6.07, 6.45) is 4.06. The van der Waals surface area contributed by atoms with Gasteiger partial charge >= 0.3 is 0 Å². The summed E-state index contributed by atoms with van der Waals surface area (Å²) in [6.45, 7) is 4.10. The Kier molecular flexibility index (Phi) is 3.11. The molecule has 1 aliphatic rings. The molecule has 4 heteroatoms. The van der Waals surface area contributed by atoms with Gasteiger partial charge in [-0.2, -0.15) is 0 Å². The molecule has 0 spiro atoms. The van der Waals surface area contributed by atoms with Crippen molar-refractivity contribution in [3.05, 3.63) is 47.3 Å². The van der Waals surface area contributed by atoms with E-state index in [1.54, 1.807) is 0 Å². The minimum Gasteiger partial charge on any atom is -0.305 e. The fraction of sp³-hybridized carbons (Fsp3) is 0.429. The molecule has 3 rings (SSSR count). The van der Waals surface area contributed by atoms with Crippen molar-refractivity contribution in [2.24, 2.45) is 0 Å². The zero-order chi connectivity index (χ0) is 12.4. The summed E-state index contributed by atoms with van der Waals surface area (Å²) in [4.78, 5) is 0. The Morgan fingerprint density at radius 1 is 1.39 bits per heavy atom. The summed E-state index contributed by atoms with van der Waals surface area (Å²) in [5.41, 5.74) is 3.97. The van der Waals surface area contributed by atoms with E-state index in [0.717, 1.165) is 25.9 Å². The largest absolute Gasteiger partial charge is 0.305 e. The summed E-state index contributed by atoms with van der Waals surface area (Å²) in [7, 11) is 0. The molecule has 94 valence electrons. The molecule has 4 nitrogen and oxygen atoms in total. The number of hydrogen-bond donors (Lipinski definition) is 1. The topological polar surface area (TPSA) is 42.7 Å². The third kappa shape index (κ3) is 1.93. The molecule has 1 aromatic heterocycles. The maximum Gasteiger partial charge on any atom is 0.0802 e. The second kappa shape index (κ2) is 4.90. The lowest BCUT2D eigenvalue weighted by Gasteiger charge is -2.27. The van der Waals surface area contributed by atoms with E-state index in [-0.39, 0.29) is 6.04 Å². The van der Waals surface area contributed by atoms with Crippen molar-refractivity contribution in [3.63, 3.8) is 0 Å². The van der Waals surface area contributed by atoms with Crippen LogP contribution >= 0.6 is 0 Å². The molecule has 0 bridgehead atoms. The van der Waals surface area contributed by atoms with Gasteiger partial charge in [0.15, 0.2) is 0 Å². The van der Waals surface area contributed by atoms with Crippen LogP contribution < -0.4 is 5.32 Å². The van der Waals surface area contributed by atoms with Crippen LogP contribution in [0.4, 0.5) is 0 Å². The predicted molar refractivity (Wildman–Crippen MR) is 70.3 cm³/mol. The van der Waals surface area contributed by atoms with Gasteiger partial charge in [-0.3, -0.25) is 0 Å². The summed E-state index contributed by atoms with van der Waals surface area (Å²) < 4.78 is 2.01. The molecular formula is C14H18N4. The molecule has 1 aromatic carbocycles. The number of hydrogen-bond acceptors (Lipinski definition) is 3. The first kappa shape index (κ1) is 11.4. The summed E-state index contributed by atoms with van der Waals surface area (Å²) >= 11 is 0. The van der Waals surface area contributed by atoms with Gasteiger partial charge < -0.3 is 5.32 Å². The van der Waals surface area contributed by atoms with Crippen molar-refractivity contribution < 1.29 is 0 Å². The first-order chi connectivity index (χ1) is 8.90. The minimum absolute atomic E-state index is 0.233. The van der Waals surface area contributed by atoms with Gasteiger partial charge in [-0.25, -0.2) is 4.68 Å². The first-order valence-corrected chi connectivity index (χ1v) is 6.59. The second-order valence-electron chi connectivity index (χ2n) is 4.72. The number of aromatic nitrogens is 3. The number of aryl methyl sites for hydroxylation is 1. The first-order valence-electron chi connectivity index (χ1n) is 6.59. The zero-order valence-electron chi connectivity index (χ0n) is 10.6. The van der Waals surface area contributed by atoms with Crippen LogP contribution in [0, 0.1) is 0 Å². The highest BCUT2D eigenvalue weighted by atomic mass is 15.4. The molecule has 2 aromatic rings. The zero-order valence-corrected chi connectivity index (χ0v) is 10.6. The highest BCUT2D eigenvalue weighted by Crippen LogP contribution is 2.27. The normalized spacial score (nSPS) is 18.6. The van der Waals surface area contributed by atoms with Crippen molar-refractivity contribution in [2.45, 2.75) is 32.4 Å². The Morgan fingerprint density at radius 3 is 3.17 bits per heavy atom. The molecule has 0 fully saturated rings. The smallest absolute Gasteiger partial charge is 0.0802 e. The number of nitrogens with zero attached hydrogens (tertiary/aromatic N) is 3. The quantitative estimate of drug-likeness (QED) is 0.894. The standard InChI is InChI=1S/C14H18N4/c1-2-9-18-13(10-16-17-18)14-12-6-4-3-5-11(12)7-8-15-14/h3-6,10,14-15H,2,7-9H2,1H3. The predicted octanol–water partition coefficient (Wildman–Crippen LogP) is 1.92. The highest BCUT2D eigenvalue weighted by molar-refractivity contribution is 5.36. The minimum atomic E-state index is 0.233. The Balaban J connectivity index is 2.00. The lowest BCUT2D eigenvalue weighted by atomic mass is 9.93. The Bertz CT molecular complexity index is 532. The third-order valence-electron chi connectivity index (χ3n) is 3.49. The van der Waals surface area contributed by atoms with Crippen LogP contribution in [0.2, 0.25) is 0 Å².